The first-order chi connectivity index (χ1) is 15.7. The number of aromatic nitrogens is 1. The van der Waals surface area contributed by atoms with Crippen molar-refractivity contribution in [2.24, 2.45) is 4.99 Å². The molecular weight excluding hydrogens is 413 g/mol. The third-order valence-electron chi connectivity index (χ3n) is 6.88. The zero-order valence-corrected chi connectivity index (χ0v) is 18.5. The third kappa shape index (κ3) is 3.38. The van der Waals surface area contributed by atoms with Crippen molar-refractivity contribution in [2.45, 2.75) is 44.1 Å². The van der Waals surface area contributed by atoms with Gasteiger partial charge in [0.25, 0.3) is 6.02 Å². The SMILES string of the molecule is O=C([O-])C1(c2cnoc2)CN=C(Nc2c3c(c(-c4ccccc4)c4c2CCC4)CCC3)O1.[Li+]. The van der Waals surface area contributed by atoms with E-state index < -0.39 is 11.6 Å². The molecule has 1 N–H and O–H groups in total. The third-order valence-corrected chi connectivity index (χ3v) is 6.88. The molecule has 2 aliphatic carbocycles. The van der Waals surface area contributed by atoms with Gasteiger partial charge in [0.2, 0.25) is 5.60 Å². The summed E-state index contributed by atoms with van der Waals surface area (Å²) < 4.78 is 10.7. The van der Waals surface area contributed by atoms with Crippen LogP contribution in [-0.4, -0.2) is 23.7 Å². The van der Waals surface area contributed by atoms with Gasteiger partial charge in [-0.1, -0.05) is 35.5 Å². The minimum absolute atomic E-state index is 0. The Hall–Kier alpha value is -3.01. The summed E-state index contributed by atoms with van der Waals surface area (Å²) in [7, 11) is 0. The van der Waals surface area contributed by atoms with Gasteiger partial charge in [0, 0.05) is 5.69 Å². The van der Waals surface area contributed by atoms with Crippen LogP contribution in [0, 0.1) is 0 Å². The number of fused-ring (bicyclic) bond motifs is 2. The Morgan fingerprint density at radius 3 is 2.27 bits per heavy atom. The number of aliphatic carboxylic acids is 1. The second kappa shape index (κ2) is 8.40. The molecule has 2 heterocycles. The van der Waals surface area contributed by atoms with Gasteiger partial charge in [0.15, 0.2) is 0 Å². The maximum absolute atomic E-state index is 12.0. The van der Waals surface area contributed by atoms with Crippen molar-refractivity contribution in [3.63, 3.8) is 0 Å². The van der Waals surface area contributed by atoms with E-state index in [4.69, 9.17) is 9.26 Å². The van der Waals surface area contributed by atoms with Crippen molar-refractivity contribution in [3.8, 4) is 11.1 Å². The van der Waals surface area contributed by atoms with Crippen molar-refractivity contribution in [3.05, 3.63) is 70.6 Å². The maximum Gasteiger partial charge on any atom is 1.00 e. The van der Waals surface area contributed by atoms with Crippen LogP contribution in [0.15, 0.2) is 52.3 Å². The Morgan fingerprint density at radius 2 is 1.67 bits per heavy atom. The predicted octanol–water partition coefficient (Wildman–Crippen LogP) is -0.233. The fraction of sp³-hybridized carbons (Fsp3) is 0.320. The summed E-state index contributed by atoms with van der Waals surface area (Å²) in [4.78, 5) is 16.4. The van der Waals surface area contributed by atoms with Gasteiger partial charge >= 0.3 is 18.9 Å². The van der Waals surface area contributed by atoms with Gasteiger partial charge in [-0.25, -0.2) is 4.99 Å². The Balaban J connectivity index is 0.00000228. The molecule has 162 valence electrons. The van der Waals surface area contributed by atoms with Gasteiger partial charge in [-0.05, 0) is 71.9 Å². The summed E-state index contributed by atoms with van der Waals surface area (Å²) in [6.45, 7) is -0.0919. The first-order valence-corrected chi connectivity index (χ1v) is 11.0. The number of aliphatic imine (C=N–C) groups is 1. The van der Waals surface area contributed by atoms with Gasteiger partial charge in [-0.2, -0.15) is 0 Å². The average molecular weight is 435 g/mol. The van der Waals surface area contributed by atoms with Crippen LogP contribution in [0.1, 0.15) is 40.7 Å². The Labute approximate surface area is 203 Å². The monoisotopic (exact) mass is 435 g/mol. The molecule has 0 fully saturated rings. The molecule has 0 amide bonds. The molecule has 0 bridgehead atoms. The summed E-state index contributed by atoms with van der Waals surface area (Å²) in [6, 6.07) is 10.8. The minimum Gasteiger partial charge on any atom is -0.545 e. The number of rotatable bonds is 4. The number of carboxylic acids is 1. The molecule has 0 spiro atoms. The number of benzene rings is 2. The van der Waals surface area contributed by atoms with Gasteiger partial charge in [-0.3, -0.25) is 0 Å². The van der Waals surface area contributed by atoms with Gasteiger partial charge in [-0.15, -0.1) is 0 Å². The largest absolute Gasteiger partial charge is 1.00 e. The Kier molecular flexibility index (Phi) is 5.55. The van der Waals surface area contributed by atoms with E-state index in [9.17, 15) is 9.90 Å². The van der Waals surface area contributed by atoms with Crippen molar-refractivity contribution in [1.29, 1.82) is 0 Å². The van der Waals surface area contributed by atoms with E-state index in [1.165, 1.54) is 45.8 Å². The van der Waals surface area contributed by atoms with Crippen molar-refractivity contribution < 1.29 is 38.0 Å². The summed E-state index contributed by atoms with van der Waals surface area (Å²) in [5.41, 5.74) is 7.64. The number of hydrogen-bond donors (Lipinski definition) is 1. The molecule has 3 aromatic rings. The molecule has 6 rings (SSSR count). The van der Waals surface area contributed by atoms with Crippen LogP contribution < -0.4 is 29.3 Å². The second-order valence-corrected chi connectivity index (χ2v) is 8.61. The Morgan fingerprint density at radius 1 is 1.00 bits per heavy atom. The number of nitrogens with zero attached hydrogens (tertiary/aromatic N) is 2. The first-order valence-electron chi connectivity index (χ1n) is 11.0. The molecule has 8 heteroatoms. The fourth-order valence-electron chi connectivity index (χ4n) is 5.42. The van der Waals surface area contributed by atoms with E-state index in [0.29, 0.717) is 0 Å². The molecule has 3 aliphatic rings. The maximum atomic E-state index is 12.0. The number of hydrogen-bond acceptors (Lipinski definition) is 7. The summed E-state index contributed by atoms with van der Waals surface area (Å²) in [5.74, 6) is -1.36. The fourth-order valence-corrected chi connectivity index (χ4v) is 5.42. The van der Waals surface area contributed by atoms with Crippen LogP contribution in [0.5, 0.6) is 0 Å². The van der Waals surface area contributed by atoms with Crippen molar-refractivity contribution in [2.75, 3.05) is 11.9 Å². The van der Waals surface area contributed by atoms with Gasteiger partial charge < -0.3 is 24.5 Å². The smallest absolute Gasteiger partial charge is 0.545 e. The number of ether oxygens (including phenoxy) is 1. The first kappa shape index (κ1) is 21.8. The number of anilines is 1. The molecule has 1 atom stereocenters. The molecule has 0 saturated heterocycles. The average Bonchev–Trinajstić information content (AvgIpc) is 3.60. The molecule has 2 aromatic carbocycles. The van der Waals surface area contributed by atoms with E-state index >= 15 is 0 Å². The number of nitrogens with one attached hydrogen (secondary N) is 1. The number of carboxylic acid groups (broad SMARTS) is 1. The van der Waals surface area contributed by atoms with E-state index in [2.05, 4.69) is 45.8 Å². The molecular formula is C25H22LiN3O4. The van der Waals surface area contributed by atoms with E-state index in [0.717, 1.165) is 44.2 Å². The van der Waals surface area contributed by atoms with Gasteiger partial charge in [0.1, 0.15) is 6.26 Å². The van der Waals surface area contributed by atoms with E-state index in [1.807, 2.05) is 0 Å². The summed E-state index contributed by atoms with van der Waals surface area (Å²) in [5, 5.41) is 19.0. The Bertz CT molecular complexity index is 1210. The zero-order chi connectivity index (χ0) is 21.7. The summed E-state index contributed by atoms with van der Waals surface area (Å²) in [6.07, 6.45) is 8.84. The number of amidine groups is 1. The summed E-state index contributed by atoms with van der Waals surface area (Å²) >= 11 is 0. The molecule has 7 nitrogen and oxygen atoms in total. The second-order valence-electron chi connectivity index (χ2n) is 8.61. The quantitative estimate of drug-likeness (QED) is 0.569. The van der Waals surface area contributed by atoms with E-state index in [1.54, 1.807) is 0 Å². The predicted molar refractivity (Wildman–Crippen MR) is 116 cm³/mol. The van der Waals surface area contributed by atoms with Crippen molar-refractivity contribution >= 4 is 17.7 Å². The number of carbonyl (C=O) groups is 1. The van der Waals surface area contributed by atoms with Gasteiger partial charge in [0.05, 0.1) is 24.3 Å². The zero-order valence-electron chi connectivity index (χ0n) is 18.5. The minimum atomic E-state index is -1.72. The topological polar surface area (TPSA) is 99.8 Å². The molecule has 1 unspecified atom stereocenters. The molecule has 1 aromatic heterocycles. The van der Waals surface area contributed by atoms with Crippen LogP contribution in [0.4, 0.5) is 5.69 Å². The van der Waals surface area contributed by atoms with Crippen molar-refractivity contribution in [1.82, 2.24) is 5.16 Å². The van der Waals surface area contributed by atoms with Crippen LogP contribution in [-0.2, 0) is 40.8 Å². The van der Waals surface area contributed by atoms with Crippen LogP contribution >= 0.6 is 0 Å². The van der Waals surface area contributed by atoms with Crippen LogP contribution in [0.25, 0.3) is 11.1 Å². The number of carbonyl (C=O) groups excluding carboxylic acids is 1. The molecule has 33 heavy (non-hydrogen) atoms. The normalized spacial score (nSPS) is 20.4. The van der Waals surface area contributed by atoms with E-state index in [-0.39, 0.29) is 37.0 Å². The standard InChI is InChI=1S/C25H23N3O4.Li/c29-23(30)25(16-12-27-31-13-16)14-26-24(32-25)28-22-19-10-4-8-17(19)21(15-6-2-1-3-7-15)18-9-5-11-20(18)22;/h1-3,6-7,12-13H,4-5,8-11,14H2,(H,26,28)(H,29,30);/q;+1/p-1. The molecule has 1 aliphatic heterocycles. The van der Waals surface area contributed by atoms with Crippen LogP contribution in [0.2, 0.25) is 0 Å². The molecule has 0 radical (unpaired) electrons. The molecule has 0 saturated carbocycles. The van der Waals surface area contributed by atoms with Crippen LogP contribution in [0.3, 0.4) is 0 Å².